The first kappa shape index (κ1) is 11.4. The average Bonchev–Trinajstić information content (AvgIpc) is 2.45. The van der Waals surface area contributed by atoms with Crippen LogP contribution in [0.1, 0.15) is 0 Å². The molecule has 0 atom stereocenters. The number of anilines is 3. The van der Waals surface area contributed by atoms with Crippen LogP contribution in [0.4, 0.5) is 17.1 Å². The van der Waals surface area contributed by atoms with Gasteiger partial charge in [-0.1, -0.05) is 24.3 Å². The number of hydrogen-bond donors (Lipinski definition) is 3. The summed E-state index contributed by atoms with van der Waals surface area (Å²) in [6.45, 7) is 0. The van der Waals surface area contributed by atoms with Crippen LogP contribution in [0.15, 0.2) is 60.7 Å². The van der Waals surface area contributed by atoms with Crippen molar-refractivity contribution in [3.05, 3.63) is 60.7 Å². The molecule has 19 heavy (non-hydrogen) atoms. The third-order valence-corrected chi connectivity index (χ3v) is 3.10. The van der Waals surface area contributed by atoms with E-state index in [1.54, 1.807) is 12.1 Å². The van der Waals surface area contributed by atoms with Gasteiger partial charge in [-0.05, 0) is 36.4 Å². The van der Waals surface area contributed by atoms with Crippen molar-refractivity contribution in [2.45, 2.75) is 0 Å². The number of aromatic hydroxyl groups is 1. The van der Waals surface area contributed by atoms with Crippen LogP contribution >= 0.6 is 0 Å². The van der Waals surface area contributed by atoms with Crippen molar-refractivity contribution in [1.29, 1.82) is 0 Å². The Bertz CT molecular complexity index is 720. The molecule has 4 N–H and O–H groups in total. The van der Waals surface area contributed by atoms with E-state index >= 15 is 0 Å². The molecule has 0 aliphatic rings. The molecule has 0 radical (unpaired) electrons. The number of nitrogens with two attached hydrogens (primary N) is 1. The van der Waals surface area contributed by atoms with E-state index in [1.165, 1.54) is 0 Å². The molecule has 0 heterocycles. The second-order valence-corrected chi connectivity index (χ2v) is 4.42. The minimum Gasteiger partial charge on any atom is -0.508 e. The van der Waals surface area contributed by atoms with Crippen LogP contribution in [0.25, 0.3) is 10.8 Å². The topological polar surface area (TPSA) is 58.3 Å². The van der Waals surface area contributed by atoms with E-state index in [2.05, 4.69) is 5.32 Å². The molecule has 0 spiro atoms. The van der Waals surface area contributed by atoms with Gasteiger partial charge in [0.1, 0.15) is 5.75 Å². The number of benzene rings is 3. The van der Waals surface area contributed by atoms with E-state index < -0.39 is 0 Å². The van der Waals surface area contributed by atoms with E-state index in [4.69, 9.17) is 5.73 Å². The summed E-state index contributed by atoms with van der Waals surface area (Å²) in [5, 5.41) is 14.7. The van der Waals surface area contributed by atoms with Crippen molar-refractivity contribution >= 4 is 27.8 Å². The van der Waals surface area contributed by atoms with Crippen LogP contribution < -0.4 is 11.1 Å². The first-order chi connectivity index (χ1) is 9.24. The number of phenols is 1. The molecule has 0 fully saturated rings. The van der Waals surface area contributed by atoms with Gasteiger partial charge in [0.2, 0.25) is 0 Å². The van der Waals surface area contributed by atoms with Crippen molar-refractivity contribution in [2.75, 3.05) is 11.1 Å². The molecule has 0 saturated heterocycles. The molecule has 0 aliphatic carbocycles. The number of nitrogens with one attached hydrogen (secondary N) is 1. The van der Waals surface area contributed by atoms with Crippen molar-refractivity contribution in [3.63, 3.8) is 0 Å². The number of rotatable bonds is 2. The van der Waals surface area contributed by atoms with Gasteiger partial charge < -0.3 is 16.2 Å². The van der Waals surface area contributed by atoms with Gasteiger partial charge in [0, 0.05) is 27.8 Å². The second-order valence-electron chi connectivity index (χ2n) is 4.42. The largest absolute Gasteiger partial charge is 0.508 e. The van der Waals surface area contributed by atoms with E-state index in [0.29, 0.717) is 0 Å². The lowest BCUT2D eigenvalue weighted by atomic mass is 10.1. The van der Waals surface area contributed by atoms with Gasteiger partial charge in [0.15, 0.2) is 0 Å². The highest BCUT2D eigenvalue weighted by Gasteiger charge is 2.03. The Kier molecular flexibility index (Phi) is 2.72. The fourth-order valence-electron chi connectivity index (χ4n) is 2.13. The maximum Gasteiger partial charge on any atom is 0.115 e. The molecule has 3 aromatic rings. The van der Waals surface area contributed by atoms with Gasteiger partial charge in [0.05, 0.1) is 0 Å². The van der Waals surface area contributed by atoms with Crippen LogP contribution in [0.5, 0.6) is 5.75 Å². The van der Waals surface area contributed by atoms with E-state index in [9.17, 15) is 5.11 Å². The molecule has 0 unspecified atom stereocenters. The summed E-state index contributed by atoms with van der Waals surface area (Å²) in [4.78, 5) is 0. The van der Waals surface area contributed by atoms with Crippen molar-refractivity contribution in [1.82, 2.24) is 0 Å². The average molecular weight is 250 g/mol. The Hall–Kier alpha value is -2.68. The van der Waals surface area contributed by atoms with Crippen LogP contribution in [-0.4, -0.2) is 5.11 Å². The highest BCUT2D eigenvalue weighted by Crippen LogP contribution is 2.30. The van der Waals surface area contributed by atoms with E-state index in [0.717, 1.165) is 27.8 Å². The Balaban J connectivity index is 2.06. The van der Waals surface area contributed by atoms with Crippen LogP contribution in [0.3, 0.4) is 0 Å². The van der Waals surface area contributed by atoms with Gasteiger partial charge in [-0.25, -0.2) is 0 Å². The van der Waals surface area contributed by atoms with Crippen molar-refractivity contribution in [2.24, 2.45) is 0 Å². The molecule has 3 nitrogen and oxygen atoms in total. The van der Waals surface area contributed by atoms with Crippen LogP contribution in [0.2, 0.25) is 0 Å². The molecular weight excluding hydrogens is 236 g/mol. The minimum atomic E-state index is 0.257. The smallest absolute Gasteiger partial charge is 0.115 e. The monoisotopic (exact) mass is 250 g/mol. The SMILES string of the molecule is Nc1ccc(Nc2ccc(O)cc2)c2ccccc12. The summed E-state index contributed by atoms with van der Waals surface area (Å²) >= 11 is 0. The predicted molar refractivity (Wildman–Crippen MR) is 79.7 cm³/mol. The Morgan fingerprint density at radius 2 is 1.47 bits per heavy atom. The maximum absolute atomic E-state index is 9.29. The lowest BCUT2D eigenvalue weighted by Gasteiger charge is -2.11. The van der Waals surface area contributed by atoms with Gasteiger partial charge in [-0.3, -0.25) is 0 Å². The zero-order valence-corrected chi connectivity index (χ0v) is 10.3. The summed E-state index contributed by atoms with van der Waals surface area (Å²) in [7, 11) is 0. The Morgan fingerprint density at radius 3 is 2.21 bits per heavy atom. The molecule has 0 bridgehead atoms. The van der Waals surface area contributed by atoms with Gasteiger partial charge in [-0.15, -0.1) is 0 Å². The van der Waals surface area contributed by atoms with Crippen LogP contribution in [0, 0.1) is 0 Å². The molecular formula is C16H14N2O. The van der Waals surface area contributed by atoms with Crippen LogP contribution in [-0.2, 0) is 0 Å². The second kappa shape index (κ2) is 4.53. The van der Waals surface area contributed by atoms with Gasteiger partial charge in [0.25, 0.3) is 0 Å². The first-order valence-corrected chi connectivity index (χ1v) is 6.07. The quantitative estimate of drug-likeness (QED) is 0.478. The molecule has 0 aromatic heterocycles. The van der Waals surface area contributed by atoms with E-state index in [1.807, 2.05) is 48.5 Å². The Labute approximate surface area is 111 Å². The summed E-state index contributed by atoms with van der Waals surface area (Å²) in [6.07, 6.45) is 0. The fraction of sp³-hybridized carbons (Fsp3) is 0. The van der Waals surface area contributed by atoms with E-state index in [-0.39, 0.29) is 5.75 Å². The third kappa shape index (κ3) is 2.18. The summed E-state index contributed by atoms with van der Waals surface area (Å²) in [6, 6.07) is 18.8. The molecule has 0 saturated carbocycles. The zero-order chi connectivity index (χ0) is 13.2. The van der Waals surface area contributed by atoms with Crippen molar-refractivity contribution < 1.29 is 5.11 Å². The maximum atomic E-state index is 9.29. The molecule has 0 aliphatic heterocycles. The van der Waals surface area contributed by atoms with Gasteiger partial charge >= 0.3 is 0 Å². The molecule has 0 amide bonds. The number of nitrogen functional groups attached to an aromatic ring is 1. The van der Waals surface area contributed by atoms with Gasteiger partial charge in [-0.2, -0.15) is 0 Å². The first-order valence-electron chi connectivity index (χ1n) is 6.07. The van der Waals surface area contributed by atoms with Crippen molar-refractivity contribution in [3.8, 4) is 5.75 Å². The summed E-state index contributed by atoms with van der Waals surface area (Å²) < 4.78 is 0. The fourth-order valence-corrected chi connectivity index (χ4v) is 2.13. The number of hydrogen-bond acceptors (Lipinski definition) is 3. The minimum absolute atomic E-state index is 0.257. The third-order valence-electron chi connectivity index (χ3n) is 3.10. The number of phenolic OH excluding ortho intramolecular Hbond substituents is 1. The predicted octanol–water partition coefficient (Wildman–Crippen LogP) is 3.87. The summed E-state index contributed by atoms with van der Waals surface area (Å²) in [5.41, 5.74) is 8.67. The Morgan fingerprint density at radius 1 is 0.789 bits per heavy atom. The molecule has 94 valence electrons. The normalized spacial score (nSPS) is 10.5. The molecule has 3 aromatic carbocycles. The molecule has 3 rings (SSSR count). The number of fused-ring (bicyclic) bond motifs is 1. The summed E-state index contributed by atoms with van der Waals surface area (Å²) in [5.74, 6) is 0.257. The lowest BCUT2D eigenvalue weighted by molar-refractivity contribution is 0.475. The standard InChI is InChI=1S/C16H14N2O/c17-15-9-10-16(14-4-2-1-3-13(14)15)18-11-5-7-12(19)8-6-11/h1-10,18-19H,17H2. The molecule has 3 heteroatoms. The zero-order valence-electron chi connectivity index (χ0n) is 10.3. The lowest BCUT2D eigenvalue weighted by Crippen LogP contribution is -1.93. The highest BCUT2D eigenvalue weighted by atomic mass is 16.3. The highest BCUT2D eigenvalue weighted by molar-refractivity contribution is 6.02.